The van der Waals surface area contributed by atoms with E-state index in [1.165, 1.54) is 16.7 Å². The van der Waals surface area contributed by atoms with E-state index in [4.69, 9.17) is 10.7 Å². The lowest BCUT2D eigenvalue weighted by Gasteiger charge is -2.23. The van der Waals surface area contributed by atoms with E-state index < -0.39 is 0 Å². The van der Waals surface area contributed by atoms with Crippen molar-refractivity contribution in [3.63, 3.8) is 0 Å². The Bertz CT molecular complexity index is 1060. The molecule has 0 saturated heterocycles. The molecule has 3 aromatic carbocycles. The van der Waals surface area contributed by atoms with Crippen LogP contribution in [0.5, 0.6) is 0 Å². The van der Waals surface area contributed by atoms with Crippen molar-refractivity contribution in [2.24, 2.45) is 0 Å². The van der Waals surface area contributed by atoms with Crippen LogP contribution in [0.25, 0.3) is 0 Å². The lowest BCUT2D eigenvalue weighted by atomic mass is 10.1. The maximum absolute atomic E-state index is 6.07. The van der Waals surface area contributed by atoms with Crippen LogP contribution in [-0.2, 0) is 19.3 Å². The van der Waals surface area contributed by atoms with Gasteiger partial charge < -0.3 is 16.0 Å². The van der Waals surface area contributed by atoms with Crippen LogP contribution in [0.4, 0.5) is 17.8 Å². The Hall–Kier alpha value is -3.93. The zero-order valence-electron chi connectivity index (χ0n) is 18.8. The number of nitrogens with one attached hydrogen (secondary N) is 1. The van der Waals surface area contributed by atoms with Crippen molar-refractivity contribution in [3.8, 4) is 0 Å². The fourth-order valence-electron chi connectivity index (χ4n) is 3.69. The molecule has 1 aromatic heterocycles. The lowest BCUT2D eigenvalue weighted by molar-refractivity contribution is 0.739. The third-order valence-corrected chi connectivity index (χ3v) is 5.49. The van der Waals surface area contributed by atoms with E-state index >= 15 is 0 Å². The van der Waals surface area contributed by atoms with Crippen LogP contribution in [0, 0.1) is 0 Å². The van der Waals surface area contributed by atoms with E-state index in [2.05, 4.69) is 80.8 Å². The van der Waals surface area contributed by atoms with E-state index in [0.29, 0.717) is 11.9 Å². The smallest absolute Gasteiger partial charge is 0.231 e. The SMILES string of the molecule is Nc1nc(NCCc2ccccc2)nc(N(CCc2ccccc2)CCc2ccccc2)n1. The first kappa shape index (κ1) is 22.3. The van der Waals surface area contributed by atoms with Crippen molar-refractivity contribution in [2.75, 3.05) is 35.6 Å². The zero-order valence-corrected chi connectivity index (χ0v) is 18.8. The van der Waals surface area contributed by atoms with Crippen LogP contribution in [-0.4, -0.2) is 34.6 Å². The minimum absolute atomic E-state index is 0.228. The van der Waals surface area contributed by atoms with Crippen molar-refractivity contribution in [1.29, 1.82) is 0 Å². The maximum Gasteiger partial charge on any atom is 0.231 e. The van der Waals surface area contributed by atoms with Crippen molar-refractivity contribution < 1.29 is 0 Å². The highest BCUT2D eigenvalue weighted by atomic mass is 15.3. The van der Waals surface area contributed by atoms with Gasteiger partial charge in [0.1, 0.15) is 0 Å². The Morgan fingerprint density at radius 2 is 1.09 bits per heavy atom. The summed E-state index contributed by atoms with van der Waals surface area (Å²) in [4.78, 5) is 15.7. The Labute approximate surface area is 195 Å². The first-order valence-corrected chi connectivity index (χ1v) is 11.4. The van der Waals surface area contributed by atoms with Gasteiger partial charge in [0.25, 0.3) is 0 Å². The predicted octanol–water partition coefficient (Wildman–Crippen LogP) is 4.40. The van der Waals surface area contributed by atoms with Gasteiger partial charge >= 0.3 is 0 Å². The average Bonchev–Trinajstić information content (AvgIpc) is 2.86. The minimum Gasteiger partial charge on any atom is -0.368 e. The number of nitrogens with two attached hydrogens (primary N) is 1. The quantitative estimate of drug-likeness (QED) is 0.361. The van der Waals surface area contributed by atoms with Gasteiger partial charge in [0, 0.05) is 19.6 Å². The second kappa shape index (κ2) is 11.6. The van der Waals surface area contributed by atoms with E-state index in [9.17, 15) is 0 Å². The summed E-state index contributed by atoms with van der Waals surface area (Å²) in [7, 11) is 0. The molecule has 6 heteroatoms. The molecule has 0 saturated carbocycles. The molecule has 0 aliphatic rings. The first-order valence-electron chi connectivity index (χ1n) is 11.4. The standard InChI is InChI=1S/C27H30N6/c28-25-30-26(29-19-16-22-10-4-1-5-11-22)32-27(31-25)33(20-17-23-12-6-2-7-13-23)21-18-24-14-8-3-9-15-24/h1-15H,16-21H2,(H3,28,29,30,31,32). The van der Waals surface area contributed by atoms with Gasteiger partial charge in [-0.05, 0) is 36.0 Å². The fraction of sp³-hybridized carbons (Fsp3) is 0.222. The molecular formula is C27H30N6. The monoisotopic (exact) mass is 438 g/mol. The molecule has 3 N–H and O–H groups in total. The molecule has 168 valence electrons. The number of benzene rings is 3. The molecule has 0 fully saturated rings. The van der Waals surface area contributed by atoms with Crippen LogP contribution < -0.4 is 16.0 Å². The second-order valence-corrected chi connectivity index (χ2v) is 7.94. The molecule has 0 amide bonds. The van der Waals surface area contributed by atoms with Crippen LogP contribution in [0.15, 0.2) is 91.0 Å². The number of nitrogen functional groups attached to an aromatic ring is 1. The molecule has 4 aromatic rings. The topological polar surface area (TPSA) is 80.0 Å². The summed E-state index contributed by atoms with van der Waals surface area (Å²) >= 11 is 0. The molecule has 6 nitrogen and oxygen atoms in total. The average molecular weight is 439 g/mol. The molecule has 33 heavy (non-hydrogen) atoms. The second-order valence-electron chi connectivity index (χ2n) is 7.94. The summed E-state index contributed by atoms with van der Waals surface area (Å²) < 4.78 is 0. The highest BCUT2D eigenvalue weighted by Crippen LogP contribution is 2.15. The highest BCUT2D eigenvalue weighted by molar-refractivity contribution is 5.42. The van der Waals surface area contributed by atoms with Crippen molar-refractivity contribution in [1.82, 2.24) is 15.0 Å². The van der Waals surface area contributed by atoms with Crippen LogP contribution in [0.2, 0.25) is 0 Å². The van der Waals surface area contributed by atoms with Gasteiger partial charge in [-0.3, -0.25) is 0 Å². The Morgan fingerprint density at radius 1 is 0.606 bits per heavy atom. The number of anilines is 3. The van der Waals surface area contributed by atoms with E-state index in [1.54, 1.807) is 0 Å². The summed E-state index contributed by atoms with van der Waals surface area (Å²) in [6.45, 7) is 2.31. The molecule has 0 radical (unpaired) electrons. The molecule has 0 unspecified atom stereocenters. The highest BCUT2D eigenvalue weighted by Gasteiger charge is 2.13. The predicted molar refractivity (Wildman–Crippen MR) is 135 cm³/mol. The number of hydrogen-bond acceptors (Lipinski definition) is 6. The van der Waals surface area contributed by atoms with Crippen molar-refractivity contribution in [2.45, 2.75) is 19.3 Å². The largest absolute Gasteiger partial charge is 0.368 e. The summed E-state index contributed by atoms with van der Waals surface area (Å²) in [5, 5.41) is 3.31. The normalized spacial score (nSPS) is 10.7. The van der Waals surface area contributed by atoms with Gasteiger partial charge in [0.05, 0.1) is 0 Å². The third kappa shape index (κ3) is 7.04. The summed E-state index contributed by atoms with van der Waals surface area (Å²) in [6.07, 6.45) is 2.68. The molecule has 4 rings (SSSR count). The fourth-order valence-corrected chi connectivity index (χ4v) is 3.69. The van der Waals surface area contributed by atoms with Gasteiger partial charge in [-0.2, -0.15) is 15.0 Å². The van der Waals surface area contributed by atoms with E-state index in [1.807, 2.05) is 30.3 Å². The van der Waals surface area contributed by atoms with Crippen LogP contribution in [0.1, 0.15) is 16.7 Å². The summed E-state index contributed by atoms with van der Waals surface area (Å²) in [5.74, 6) is 1.35. The Balaban J connectivity index is 1.46. The maximum atomic E-state index is 6.07. The first-order chi connectivity index (χ1) is 16.3. The molecule has 0 aliphatic carbocycles. The summed E-state index contributed by atoms with van der Waals surface area (Å²) in [6, 6.07) is 31.3. The van der Waals surface area contributed by atoms with Crippen molar-refractivity contribution >= 4 is 17.8 Å². The number of nitrogens with zero attached hydrogens (tertiary/aromatic N) is 4. The van der Waals surface area contributed by atoms with Gasteiger partial charge in [-0.1, -0.05) is 91.0 Å². The molecule has 0 bridgehead atoms. The number of aromatic nitrogens is 3. The van der Waals surface area contributed by atoms with Gasteiger partial charge in [-0.25, -0.2) is 0 Å². The number of rotatable bonds is 11. The van der Waals surface area contributed by atoms with Crippen LogP contribution >= 0.6 is 0 Å². The van der Waals surface area contributed by atoms with Gasteiger partial charge in [-0.15, -0.1) is 0 Å². The third-order valence-electron chi connectivity index (χ3n) is 5.49. The summed E-state index contributed by atoms with van der Waals surface area (Å²) in [5.41, 5.74) is 9.89. The van der Waals surface area contributed by atoms with Crippen molar-refractivity contribution in [3.05, 3.63) is 108 Å². The molecule has 0 spiro atoms. The van der Waals surface area contributed by atoms with Gasteiger partial charge in [0.2, 0.25) is 17.8 Å². The number of hydrogen-bond donors (Lipinski definition) is 2. The molecule has 0 atom stereocenters. The van der Waals surface area contributed by atoms with Crippen LogP contribution in [0.3, 0.4) is 0 Å². The Morgan fingerprint density at radius 3 is 1.61 bits per heavy atom. The zero-order chi connectivity index (χ0) is 22.7. The Kier molecular flexibility index (Phi) is 7.84. The molecular weight excluding hydrogens is 408 g/mol. The van der Waals surface area contributed by atoms with E-state index in [0.717, 1.165) is 38.9 Å². The minimum atomic E-state index is 0.228. The lowest BCUT2D eigenvalue weighted by Crippen LogP contribution is -2.30. The van der Waals surface area contributed by atoms with E-state index in [-0.39, 0.29) is 5.95 Å². The molecule has 0 aliphatic heterocycles. The van der Waals surface area contributed by atoms with Gasteiger partial charge in [0.15, 0.2) is 0 Å². The molecule has 1 heterocycles.